The van der Waals surface area contributed by atoms with E-state index in [1.807, 2.05) is 6.92 Å². The van der Waals surface area contributed by atoms with Gasteiger partial charge in [-0.25, -0.2) is 17.9 Å². The zero-order chi connectivity index (χ0) is 14.8. The standard InChI is InChI=1S/C11H14BrFN2O3S/c1-3-4-15(2)11(16)8-5-7(12)6-9(10(8)13)19(14,17)18/h5-6H,3-4H2,1-2H3,(H2,14,17,18). The van der Waals surface area contributed by atoms with E-state index >= 15 is 0 Å². The first kappa shape index (κ1) is 16.1. The number of nitrogens with two attached hydrogens (primary N) is 1. The third kappa shape index (κ3) is 3.74. The zero-order valence-electron chi connectivity index (χ0n) is 10.5. The first-order valence-corrected chi connectivity index (χ1v) is 7.79. The van der Waals surface area contributed by atoms with Gasteiger partial charge in [0.05, 0.1) is 5.56 Å². The van der Waals surface area contributed by atoms with Crippen LogP contribution < -0.4 is 5.14 Å². The van der Waals surface area contributed by atoms with Gasteiger partial charge in [-0.1, -0.05) is 22.9 Å². The highest BCUT2D eigenvalue weighted by atomic mass is 79.9. The minimum Gasteiger partial charge on any atom is -0.342 e. The van der Waals surface area contributed by atoms with Gasteiger partial charge in [-0.05, 0) is 18.6 Å². The van der Waals surface area contributed by atoms with Crippen molar-refractivity contribution in [2.24, 2.45) is 5.14 Å². The van der Waals surface area contributed by atoms with Crippen LogP contribution in [0.3, 0.4) is 0 Å². The molecule has 0 aromatic heterocycles. The van der Waals surface area contributed by atoms with E-state index in [4.69, 9.17) is 5.14 Å². The van der Waals surface area contributed by atoms with Crippen molar-refractivity contribution < 1.29 is 17.6 Å². The summed E-state index contributed by atoms with van der Waals surface area (Å²) in [6.45, 7) is 2.31. The number of amides is 1. The molecule has 2 N–H and O–H groups in total. The van der Waals surface area contributed by atoms with Crippen LogP contribution in [0.5, 0.6) is 0 Å². The van der Waals surface area contributed by atoms with Crippen LogP contribution in [-0.2, 0) is 10.0 Å². The fourth-order valence-electron chi connectivity index (χ4n) is 1.57. The van der Waals surface area contributed by atoms with E-state index in [9.17, 15) is 17.6 Å². The number of sulfonamides is 1. The Hall–Kier alpha value is -0.990. The van der Waals surface area contributed by atoms with Crippen molar-refractivity contribution in [2.75, 3.05) is 13.6 Å². The van der Waals surface area contributed by atoms with Crippen LogP contribution in [-0.4, -0.2) is 32.8 Å². The van der Waals surface area contributed by atoms with Crippen LogP contribution >= 0.6 is 15.9 Å². The molecule has 0 saturated heterocycles. The van der Waals surface area contributed by atoms with Crippen LogP contribution in [0.1, 0.15) is 23.7 Å². The van der Waals surface area contributed by atoms with Gasteiger partial charge in [-0.3, -0.25) is 4.79 Å². The van der Waals surface area contributed by atoms with Crippen LogP contribution in [0.4, 0.5) is 4.39 Å². The highest BCUT2D eigenvalue weighted by Crippen LogP contribution is 2.24. The number of carbonyl (C=O) groups excluding carboxylic acids is 1. The van der Waals surface area contributed by atoms with E-state index in [0.29, 0.717) is 13.0 Å². The SMILES string of the molecule is CCCN(C)C(=O)c1cc(Br)cc(S(N)(=O)=O)c1F. The van der Waals surface area contributed by atoms with Crippen molar-refractivity contribution in [3.8, 4) is 0 Å². The molecule has 106 valence electrons. The lowest BCUT2D eigenvalue weighted by molar-refractivity contribution is 0.0790. The number of nitrogens with zero attached hydrogens (tertiary/aromatic N) is 1. The second kappa shape index (κ2) is 5.98. The predicted molar refractivity (Wildman–Crippen MR) is 72.7 cm³/mol. The Kier molecular flexibility index (Phi) is 5.05. The molecular weight excluding hydrogens is 339 g/mol. The topological polar surface area (TPSA) is 80.5 Å². The Morgan fingerprint density at radius 2 is 2.05 bits per heavy atom. The molecule has 0 radical (unpaired) electrons. The van der Waals surface area contributed by atoms with Gasteiger partial charge < -0.3 is 4.90 Å². The summed E-state index contributed by atoms with van der Waals surface area (Å²) in [6.07, 6.45) is 0.708. The highest BCUT2D eigenvalue weighted by Gasteiger charge is 2.24. The lowest BCUT2D eigenvalue weighted by Gasteiger charge is -2.17. The molecular formula is C11H14BrFN2O3S. The average Bonchev–Trinajstić information content (AvgIpc) is 2.29. The number of benzene rings is 1. The third-order valence-corrected chi connectivity index (χ3v) is 3.81. The summed E-state index contributed by atoms with van der Waals surface area (Å²) in [4.78, 5) is 12.6. The summed E-state index contributed by atoms with van der Waals surface area (Å²) in [5, 5.41) is 4.92. The first-order valence-electron chi connectivity index (χ1n) is 5.45. The molecule has 0 atom stereocenters. The molecule has 0 heterocycles. The Morgan fingerprint density at radius 3 is 2.53 bits per heavy atom. The van der Waals surface area contributed by atoms with Gasteiger partial charge in [0.2, 0.25) is 10.0 Å². The van der Waals surface area contributed by atoms with E-state index in [-0.39, 0.29) is 10.0 Å². The summed E-state index contributed by atoms with van der Waals surface area (Å²) in [5.41, 5.74) is -0.325. The van der Waals surface area contributed by atoms with Gasteiger partial charge in [-0.2, -0.15) is 0 Å². The van der Waals surface area contributed by atoms with Crippen molar-refractivity contribution in [3.05, 3.63) is 28.0 Å². The minimum absolute atomic E-state index is 0.270. The number of carbonyl (C=O) groups is 1. The van der Waals surface area contributed by atoms with Crippen LogP contribution in [0.2, 0.25) is 0 Å². The molecule has 0 aliphatic rings. The van der Waals surface area contributed by atoms with E-state index in [1.54, 1.807) is 0 Å². The molecule has 0 spiro atoms. The Bertz CT molecular complexity index is 604. The first-order chi connectivity index (χ1) is 8.68. The predicted octanol–water partition coefficient (Wildman–Crippen LogP) is 1.72. The fourth-order valence-corrected chi connectivity index (χ4v) is 2.83. The molecule has 1 rings (SSSR count). The molecule has 0 aliphatic carbocycles. The van der Waals surface area contributed by atoms with Crippen molar-refractivity contribution in [3.63, 3.8) is 0 Å². The summed E-state index contributed by atoms with van der Waals surface area (Å²) in [5.74, 6) is -1.72. The lowest BCUT2D eigenvalue weighted by atomic mass is 10.2. The molecule has 0 saturated carbocycles. The summed E-state index contributed by atoms with van der Waals surface area (Å²) in [6, 6.07) is 2.26. The molecule has 19 heavy (non-hydrogen) atoms. The largest absolute Gasteiger partial charge is 0.342 e. The van der Waals surface area contributed by atoms with Crippen molar-refractivity contribution >= 4 is 31.9 Å². The molecule has 5 nitrogen and oxygen atoms in total. The monoisotopic (exact) mass is 352 g/mol. The zero-order valence-corrected chi connectivity index (χ0v) is 12.9. The van der Waals surface area contributed by atoms with Gasteiger partial charge in [0, 0.05) is 18.1 Å². The van der Waals surface area contributed by atoms with Crippen molar-refractivity contribution in [2.45, 2.75) is 18.2 Å². The Morgan fingerprint density at radius 1 is 1.47 bits per heavy atom. The van der Waals surface area contributed by atoms with E-state index in [0.717, 1.165) is 6.07 Å². The minimum atomic E-state index is -4.23. The maximum absolute atomic E-state index is 14.1. The second-order valence-corrected chi connectivity index (χ2v) is 6.48. The number of halogens is 2. The second-order valence-electron chi connectivity index (χ2n) is 4.04. The van der Waals surface area contributed by atoms with E-state index in [2.05, 4.69) is 15.9 Å². The van der Waals surface area contributed by atoms with Crippen LogP contribution in [0.25, 0.3) is 0 Å². The third-order valence-electron chi connectivity index (χ3n) is 2.45. The number of primary sulfonamides is 1. The summed E-state index contributed by atoms with van der Waals surface area (Å²) < 4.78 is 36.9. The molecule has 1 amide bonds. The number of hydrogen-bond donors (Lipinski definition) is 1. The van der Waals surface area contributed by atoms with Crippen LogP contribution in [0, 0.1) is 5.82 Å². The summed E-state index contributed by atoms with van der Waals surface area (Å²) in [7, 11) is -2.71. The number of rotatable bonds is 4. The Labute approximate surface area is 119 Å². The van der Waals surface area contributed by atoms with Gasteiger partial charge in [-0.15, -0.1) is 0 Å². The molecule has 0 unspecified atom stereocenters. The van der Waals surface area contributed by atoms with Gasteiger partial charge >= 0.3 is 0 Å². The average molecular weight is 353 g/mol. The number of hydrogen-bond acceptors (Lipinski definition) is 3. The van der Waals surface area contributed by atoms with E-state index in [1.165, 1.54) is 18.0 Å². The normalized spacial score (nSPS) is 11.4. The molecule has 1 aromatic carbocycles. The van der Waals surface area contributed by atoms with Crippen molar-refractivity contribution in [1.29, 1.82) is 0 Å². The maximum atomic E-state index is 14.1. The molecule has 0 bridgehead atoms. The lowest BCUT2D eigenvalue weighted by Crippen LogP contribution is -2.29. The van der Waals surface area contributed by atoms with E-state index < -0.39 is 26.6 Å². The molecule has 0 fully saturated rings. The highest BCUT2D eigenvalue weighted by molar-refractivity contribution is 9.10. The maximum Gasteiger partial charge on any atom is 0.256 e. The summed E-state index contributed by atoms with van der Waals surface area (Å²) >= 11 is 3.04. The smallest absolute Gasteiger partial charge is 0.256 e. The Balaban J connectivity index is 3.38. The molecule has 8 heteroatoms. The quantitative estimate of drug-likeness (QED) is 0.895. The van der Waals surface area contributed by atoms with Gasteiger partial charge in [0.25, 0.3) is 5.91 Å². The fraction of sp³-hybridized carbons (Fsp3) is 0.364. The van der Waals surface area contributed by atoms with Gasteiger partial charge in [0.1, 0.15) is 4.90 Å². The van der Waals surface area contributed by atoms with Crippen LogP contribution in [0.15, 0.2) is 21.5 Å². The molecule has 1 aromatic rings. The van der Waals surface area contributed by atoms with Crippen molar-refractivity contribution in [1.82, 2.24) is 4.90 Å². The molecule has 0 aliphatic heterocycles. The van der Waals surface area contributed by atoms with Gasteiger partial charge in [0.15, 0.2) is 5.82 Å².